The van der Waals surface area contributed by atoms with Crippen molar-refractivity contribution in [2.24, 2.45) is 5.73 Å². The molecule has 4 N–H and O–H groups in total. The number of aldehydes is 1. The molecular weight excluding hydrogens is 504 g/mol. The summed E-state index contributed by atoms with van der Waals surface area (Å²) in [5.41, 5.74) is 10.3. The average molecular weight is 520 g/mol. The molecule has 0 radical (unpaired) electrons. The predicted molar refractivity (Wildman–Crippen MR) is 120 cm³/mol. The molecule has 0 aliphatic heterocycles. The number of aromatic nitrogens is 2. The van der Waals surface area contributed by atoms with Gasteiger partial charge in [-0.3, -0.25) is 10.2 Å². The highest BCUT2D eigenvalue weighted by molar-refractivity contribution is 9.10. The molecule has 2 aromatic carbocycles. The number of ether oxygens (including phenoxy) is 1. The maximum absolute atomic E-state index is 13.1. The van der Waals surface area contributed by atoms with Gasteiger partial charge in [0.1, 0.15) is 11.9 Å². The predicted octanol–water partition coefficient (Wildman–Crippen LogP) is 3.03. The molecule has 32 heavy (non-hydrogen) atoms. The standard InChI is InChI=1S/C20H16BrClN6O4/c21-13-9-24-19(25-10-13)32-16-7-6-14(8-15(16)22)28(20(31)27-26-17(23)11-29)18(30)12-4-2-1-3-5-12/h1-11,17,26H,23H2,(H,27,31). The number of hydrogen-bond acceptors (Lipinski definition) is 8. The third-order valence-corrected chi connectivity index (χ3v) is 4.60. The fraction of sp³-hybridized carbons (Fsp3) is 0.0500. The molecule has 1 atom stereocenters. The first-order chi connectivity index (χ1) is 15.4. The molecule has 12 heteroatoms. The minimum absolute atomic E-state index is 0.0601. The van der Waals surface area contributed by atoms with Gasteiger partial charge in [0.2, 0.25) is 0 Å². The third-order valence-electron chi connectivity index (χ3n) is 3.89. The van der Waals surface area contributed by atoms with Crippen molar-refractivity contribution < 1.29 is 19.1 Å². The molecule has 3 rings (SSSR count). The second-order valence-corrected chi connectivity index (χ2v) is 7.47. The van der Waals surface area contributed by atoms with Crippen molar-refractivity contribution in [2.45, 2.75) is 6.17 Å². The van der Waals surface area contributed by atoms with Gasteiger partial charge in [-0.05, 0) is 46.3 Å². The van der Waals surface area contributed by atoms with E-state index in [-0.39, 0.29) is 28.0 Å². The van der Waals surface area contributed by atoms with E-state index in [1.165, 1.54) is 30.6 Å². The molecule has 3 amide bonds. The van der Waals surface area contributed by atoms with E-state index in [4.69, 9.17) is 22.1 Å². The van der Waals surface area contributed by atoms with Gasteiger partial charge in [0.05, 0.1) is 15.2 Å². The van der Waals surface area contributed by atoms with Gasteiger partial charge in [-0.15, -0.1) is 0 Å². The number of amides is 3. The van der Waals surface area contributed by atoms with Crippen molar-refractivity contribution >= 4 is 51.4 Å². The van der Waals surface area contributed by atoms with Gasteiger partial charge in [-0.2, -0.15) is 0 Å². The summed E-state index contributed by atoms with van der Waals surface area (Å²) in [5.74, 6) is -0.420. The summed E-state index contributed by atoms with van der Waals surface area (Å²) >= 11 is 9.55. The van der Waals surface area contributed by atoms with Crippen molar-refractivity contribution in [3.8, 4) is 11.8 Å². The van der Waals surface area contributed by atoms with Gasteiger partial charge in [-0.1, -0.05) is 29.8 Å². The van der Waals surface area contributed by atoms with E-state index < -0.39 is 18.1 Å². The number of rotatable bonds is 7. The maximum atomic E-state index is 13.1. The van der Waals surface area contributed by atoms with Crippen LogP contribution >= 0.6 is 27.5 Å². The lowest BCUT2D eigenvalue weighted by molar-refractivity contribution is -0.109. The number of hydrogen-bond donors (Lipinski definition) is 3. The molecule has 0 spiro atoms. The monoisotopic (exact) mass is 518 g/mol. The molecule has 0 aliphatic carbocycles. The molecule has 0 saturated carbocycles. The number of hydrazine groups is 1. The molecular formula is C20H16BrClN6O4. The fourth-order valence-corrected chi connectivity index (χ4v) is 2.85. The van der Waals surface area contributed by atoms with Crippen LogP contribution in [0.3, 0.4) is 0 Å². The van der Waals surface area contributed by atoms with Gasteiger partial charge in [0.25, 0.3) is 5.91 Å². The van der Waals surface area contributed by atoms with Crippen LogP contribution in [0.15, 0.2) is 65.4 Å². The molecule has 0 aliphatic rings. The van der Waals surface area contributed by atoms with Crippen molar-refractivity contribution in [1.82, 2.24) is 20.8 Å². The molecule has 164 valence electrons. The number of halogens is 2. The van der Waals surface area contributed by atoms with E-state index in [2.05, 4.69) is 36.7 Å². The Balaban J connectivity index is 1.90. The SMILES string of the molecule is NC(C=O)NNC(=O)N(C(=O)c1ccccc1)c1ccc(Oc2ncc(Br)cn2)c(Cl)c1. The summed E-state index contributed by atoms with van der Waals surface area (Å²) < 4.78 is 6.23. The van der Waals surface area contributed by atoms with Crippen LogP contribution in [0.2, 0.25) is 5.02 Å². The summed E-state index contributed by atoms with van der Waals surface area (Å²) in [6, 6.07) is 11.6. The molecule has 10 nitrogen and oxygen atoms in total. The molecule has 0 bridgehead atoms. The minimum atomic E-state index is -1.15. The van der Waals surface area contributed by atoms with Crippen LogP contribution < -0.4 is 26.2 Å². The molecule has 1 aromatic heterocycles. The zero-order chi connectivity index (χ0) is 23.1. The van der Waals surface area contributed by atoms with Gasteiger partial charge in [-0.25, -0.2) is 25.1 Å². The maximum Gasteiger partial charge on any atom is 0.343 e. The Hall–Kier alpha value is -3.38. The van der Waals surface area contributed by atoms with E-state index in [1.807, 2.05) is 0 Å². The molecule has 0 fully saturated rings. The highest BCUT2D eigenvalue weighted by Gasteiger charge is 2.26. The quantitative estimate of drug-likeness (QED) is 0.246. The van der Waals surface area contributed by atoms with Crippen LogP contribution in [-0.4, -0.2) is 34.4 Å². The molecule has 1 heterocycles. The Bertz CT molecular complexity index is 1120. The Kier molecular flexibility index (Phi) is 7.84. The molecule has 0 saturated heterocycles. The van der Waals surface area contributed by atoms with E-state index in [0.29, 0.717) is 10.8 Å². The number of carbonyl (C=O) groups excluding carboxylic acids is 3. The van der Waals surface area contributed by atoms with Crippen LogP contribution in [0.4, 0.5) is 10.5 Å². The van der Waals surface area contributed by atoms with Crippen molar-refractivity contribution in [3.05, 3.63) is 76.0 Å². The highest BCUT2D eigenvalue weighted by atomic mass is 79.9. The van der Waals surface area contributed by atoms with Crippen molar-refractivity contribution in [1.29, 1.82) is 0 Å². The Morgan fingerprint density at radius 2 is 1.84 bits per heavy atom. The first kappa shape index (κ1) is 23.3. The zero-order valence-corrected chi connectivity index (χ0v) is 18.6. The van der Waals surface area contributed by atoms with Gasteiger partial charge in [0.15, 0.2) is 6.29 Å². The Morgan fingerprint density at radius 1 is 1.16 bits per heavy atom. The second-order valence-electron chi connectivity index (χ2n) is 6.14. The fourth-order valence-electron chi connectivity index (χ4n) is 2.43. The van der Waals surface area contributed by atoms with E-state index in [0.717, 1.165) is 4.90 Å². The normalized spacial score (nSPS) is 11.3. The Morgan fingerprint density at radius 3 is 2.47 bits per heavy atom. The van der Waals surface area contributed by atoms with E-state index >= 15 is 0 Å². The van der Waals surface area contributed by atoms with Crippen LogP contribution in [0.5, 0.6) is 11.8 Å². The lowest BCUT2D eigenvalue weighted by Gasteiger charge is -2.23. The van der Waals surface area contributed by atoms with Crippen molar-refractivity contribution in [3.63, 3.8) is 0 Å². The lowest BCUT2D eigenvalue weighted by atomic mass is 10.2. The smallest absolute Gasteiger partial charge is 0.343 e. The van der Waals surface area contributed by atoms with E-state index in [1.54, 1.807) is 30.3 Å². The summed E-state index contributed by atoms with van der Waals surface area (Å²) in [4.78, 5) is 45.4. The number of nitrogens with one attached hydrogen (secondary N) is 2. The van der Waals surface area contributed by atoms with Gasteiger partial charge >= 0.3 is 12.0 Å². The number of anilines is 1. The zero-order valence-electron chi connectivity index (χ0n) is 16.2. The molecule has 1 unspecified atom stereocenters. The number of imide groups is 1. The Labute approximate surface area is 195 Å². The number of nitrogens with zero attached hydrogens (tertiary/aromatic N) is 3. The summed E-state index contributed by atoms with van der Waals surface area (Å²) in [5, 5.41) is 0.102. The number of carbonyl (C=O) groups is 3. The largest absolute Gasteiger partial charge is 0.423 e. The number of urea groups is 1. The number of nitrogens with two attached hydrogens (primary N) is 1. The summed E-state index contributed by atoms with van der Waals surface area (Å²) in [7, 11) is 0. The molecule has 3 aromatic rings. The van der Waals surface area contributed by atoms with Crippen LogP contribution in [-0.2, 0) is 4.79 Å². The van der Waals surface area contributed by atoms with Crippen LogP contribution in [0.1, 0.15) is 10.4 Å². The van der Waals surface area contributed by atoms with Gasteiger partial charge in [0, 0.05) is 18.0 Å². The second kappa shape index (κ2) is 10.8. The number of benzene rings is 2. The van der Waals surface area contributed by atoms with Crippen LogP contribution in [0.25, 0.3) is 0 Å². The first-order valence-corrected chi connectivity index (χ1v) is 10.2. The van der Waals surface area contributed by atoms with Crippen molar-refractivity contribution in [2.75, 3.05) is 4.90 Å². The van der Waals surface area contributed by atoms with E-state index in [9.17, 15) is 14.4 Å². The first-order valence-electron chi connectivity index (χ1n) is 9.00. The van der Waals surface area contributed by atoms with Crippen LogP contribution in [0, 0.1) is 0 Å². The highest BCUT2D eigenvalue weighted by Crippen LogP contribution is 2.32. The third kappa shape index (κ3) is 5.86. The topological polar surface area (TPSA) is 140 Å². The average Bonchev–Trinajstić information content (AvgIpc) is 2.81. The summed E-state index contributed by atoms with van der Waals surface area (Å²) in [6.07, 6.45) is 2.24. The van der Waals surface area contributed by atoms with Gasteiger partial charge < -0.3 is 15.3 Å². The lowest BCUT2D eigenvalue weighted by Crippen LogP contribution is -2.55. The minimum Gasteiger partial charge on any atom is -0.423 e. The summed E-state index contributed by atoms with van der Waals surface area (Å²) in [6.45, 7) is 0.